The van der Waals surface area contributed by atoms with Crippen LogP contribution in [-0.2, 0) is 4.79 Å². The second kappa shape index (κ2) is 5.44. The predicted octanol–water partition coefficient (Wildman–Crippen LogP) is -1.20. The lowest BCUT2D eigenvalue weighted by molar-refractivity contribution is -0.134. The molecule has 3 N–H and O–H groups in total. The number of carbonyl (C=O) groups is 1. The molecule has 5 heteroatoms. The maximum atomic E-state index is 11.8. The number of carbonyl (C=O) groups excluding carboxylic acids is 1. The smallest absolute Gasteiger partial charge is 0.226 e. The summed E-state index contributed by atoms with van der Waals surface area (Å²) in [6, 6.07) is 0. The molecule has 3 atom stereocenters. The Balaban J connectivity index is 2.40. The van der Waals surface area contributed by atoms with Gasteiger partial charge in [0, 0.05) is 25.6 Å². The van der Waals surface area contributed by atoms with Gasteiger partial charge < -0.3 is 20.4 Å². The van der Waals surface area contributed by atoms with Crippen molar-refractivity contribution in [2.45, 2.75) is 26.1 Å². The van der Waals surface area contributed by atoms with E-state index in [9.17, 15) is 15.0 Å². The van der Waals surface area contributed by atoms with Crippen molar-refractivity contribution in [3.05, 3.63) is 0 Å². The molecule has 1 aliphatic rings. The van der Waals surface area contributed by atoms with Crippen molar-refractivity contribution >= 4 is 5.91 Å². The average Bonchev–Trinajstić information content (AvgIpc) is 2.54. The van der Waals surface area contributed by atoms with E-state index in [-0.39, 0.29) is 24.9 Å². The molecule has 88 valence electrons. The molecule has 1 fully saturated rings. The molecule has 0 radical (unpaired) electrons. The van der Waals surface area contributed by atoms with Gasteiger partial charge in [0.25, 0.3) is 0 Å². The Hall–Kier alpha value is -0.650. The highest BCUT2D eigenvalue weighted by atomic mass is 16.3. The van der Waals surface area contributed by atoms with Crippen LogP contribution >= 0.6 is 0 Å². The van der Waals surface area contributed by atoms with E-state index in [1.165, 1.54) is 4.90 Å². The van der Waals surface area contributed by atoms with Gasteiger partial charge in [-0.3, -0.25) is 4.79 Å². The summed E-state index contributed by atoms with van der Waals surface area (Å²) in [5, 5.41) is 21.7. The van der Waals surface area contributed by atoms with E-state index in [1.807, 2.05) is 13.8 Å². The predicted molar refractivity (Wildman–Crippen MR) is 56.3 cm³/mol. The minimum absolute atomic E-state index is 0.00782. The second-order valence-electron chi connectivity index (χ2n) is 4.09. The highest BCUT2D eigenvalue weighted by Gasteiger charge is 2.33. The van der Waals surface area contributed by atoms with Crippen LogP contribution in [0.4, 0.5) is 0 Å². The highest BCUT2D eigenvalue weighted by molar-refractivity contribution is 5.79. The van der Waals surface area contributed by atoms with Crippen LogP contribution in [0.25, 0.3) is 0 Å². The van der Waals surface area contributed by atoms with Gasteiger partial charge in [-0.2, -0.15) is 0 Å². The third-order valence-corrected chi connectivity index (χ3v) is 2.69. The fourth-order valence-electron chi connectivity index (χ4n) is 1.71. The number of nitrogens with zero attached hydrogens (tertiary/aromatic N) is 1. The summed E-state index contributed by atoms with van der Waals surface area (Å²) >= 11 is 0. The molecule has 0 saturated carbocycles. The zero-order valence-electron chi connectivity index (χ0n) is 9.31. The molecule has 3 unspecified atom stereocenters. The van der Waals surface area contributed by atoms with Crippen LogP contribution in [0.2, 0.25) is 0 Å². The van der Waals surface area contributed by atoms with Gasteiger partial charge in [0.05, 0.1) is 12.2 Å². The first-order valence-corrected chi connectivity index (χ1v) is 5.41. The zero-order valence-corrected chi connectivity index (χ0v) is 9.31. The minimum atomic E-state index is -0.791. The molecule has 5 nitrogen and oxygen atoms in total. The fourth-order valence-corrected chi connectivity index (χ4v) is 1.71. The number of rotatable bonds is 4. The number of nitrogens with one attached hydrogen (secondary N) is 1. The Kier molecular flexibility index (Phi) is 4.50. The highest BCUT2D eigenvalue weighted by Crippen LogP contribution is 2.13. The molecular weight excluding hydrogens is 196 g/mol. The molecule has 1 heterocycles. The lowest BCUT2D eigenvalue weighted by Crippen LogP contribution is -2.38. The molecule has 0 aliphatic carbocycles. The first-order chi connectivity index (χ1) is 7.06. The van der Waals surface area contributed by atoms with E-state index in [0.717, 1.165) is 6.54 Å². The molecule has 1 rings (SSSR count). The first-order valence-electron chi connectivity index (χ1n) is 5.41. The summed E-state index contributed by atoms with van der Waals surface area (Å²) in [6.07, 6.45) is -1.58. The van der Waals surface area contributed by atoms with Crippen LogP contribution in [0, 0.1) is 5.92 Å². The van der Waals surface area contributed by atoms with Crippen molar-refractivity contribution in [1.29, 1.82) is 0 Å². The summed E-state index contributed by atoms with van der Waals surface area (Å²) in [7, 11) is 0. The van der Waals surface area contributed by atoms with Crippen LogP contribution in [0.5, 0.6) is 0 Å². The van der Waals surface area contributed by atoms with Gasteiger partial charge in [0.1, 0.15) is 0 Å². The van der Waals surface area contributed by atoms with Crippen LogP contribution in [-0.4, -0.2) is 59.4 Å². The minimum Gasteiger partial charge on any atom is -0.388 e. The van der Waals surface area contributed by atoms with Gasteiger partial charge in [-0.1, -0.05) is 13.8 Å². The number of likely N-dealkylation sites (tertiary alicyclic amines) is 1. The number of hydrogen-bond donors (Lipinski definition) is 3. The zero-order chi connectivity index (χ0) is 11.4. The molecule has 0 bridgehead atoms. The normalized spacial score (nSPS) is 28.1. The van der Waals surface area contributed by atoms with E-state index in [0.29, 0.717) is 6.54 Å². The quantitative estimate of drug-likeness (QED) is 0.552. The third kappa shape index (κ3) is 3.15. The third-order valence-electron chi connectivity index (χ3n) is 2.69. The molecule has 0 aromatic rings. The number of aliphatic hydroxyl groups is 2. The number of β-amino-alcohol motifs (C(OH)–C–C–N with tert-alkyl or cyclic N) is 2. The van der Waals surface area contributed by atoms with E-state index < -0.39 is 12.2 Å². The Labute approximate surface area is 90.1 Å². The van der Waals surface area contributed by atoms with Crippen molar-refractivity contribution in [3.8, 4) is 0 Å². The summed E-state index contributed by atoms with van der Waals surface area (Å²) in [5.74, 6) is -0.117. The van der Waals surface area contributed by atoms with Crippen LogP contribution in [0.15, 0.2) is 0 Å². The monoisotopic (exact) mass is 216 g/mol. The van der Waals surface area contributed by atoms with E-state index in [1.54, 1.807) is 0 Å². The van der Waals surface area contributed by atoms with Gasteiger partial charge in [0.2, 0.25) is 5.91 Å². The molecule has 0 aromatic heterocycles. The van der Waals surface area contributed by atoms with Crippen molar-refractivity contribution in [1.82, 2.24) is 10.2 Å². The van der Waals surface area contributed by atoms with E-state index >= 15 is 0 Å². The lowest BCUT2D eigenvalue weighted by atomic mass is 10.1. The SMILES string of the molecule is CCNCC(C)C(=O)N1CC(O)C(O)C1. The van der Waals surface area contributed by atoms with Gasteiger partial charge >= 0.3 is 0 Å². The Bertz CT molecular complexity index is 213. The topological polar surface area (TPSA) is 72.8 Å². The van der Waals surface area contributed by atoms with E-state index in [4.69, 9.17) is 0 Å². The van der Waals surface area contributed by atoms with Gasteiger partial charge in [-0.05, 0) is 6.54 Å². The van der Waals surface area contributed by atoms with Crippen LogP contribution in [0.1, 0.15) is 13.8 Å². The standard InChI is InChI=1S/C10H20N2O3/c1-3-11-4-7(2)10(15)12-5-8(13)9(14)6-12/h7-9,11,13-14H,3-6H2,1-2H3. The van der Waals surface area contributed by atoms with Gasteiger partial charge in [-0.25, -0.2) is 0 Å². The molecule has 0 spiro atoms. The number of hydrogen-bond acceptors (Lipinski definition) is 4. The summed E-state index contributed by atoms with van der Waals surface area (Å²) in [5.41, 5.74) is 0. The molecule has 1 aliphatic heterocycles. The molecule has 1 saturated heterocycles. The van der Waals surface area contributed by atoms with Crippen LogP contribution < -0.4 is 5.32 Å². The molecule has 15 heavy (non-hydrogen) atoms. The Morgan fingerprint density at radius 3 is 2.47 bits per heavy atom. The summed E-state index contributed by atoms with van der Waals surface area (Å²) in [6.45, 7) is 5.80. The molecule has 1 amide bonds. The Morgan fingerprint density at radius 1 is 1.47 bits per heavy atom. The average molecular weight is 216 g/mol. The summed E-state index contributed by atoms with van der Waals surface area (Å²) in [4.78, 5) is 13.3. The maximum absolute atomic E-state index is 11.8. The van der Waals surface area contributed by atoms with Gasteiger partial charge in [-0.15, -0.1) is 0 Å². The fraction of sp³-hybridized carbons (Fsp3) is 0.900. The number of aliphatic hydroxyl groups excluding tert-OH is 2. The number of amides is 1. The maximum Gasteiger partial charge on any atom is 0.226 e. The first kappa shape index (κ1) is 12.4. The second-order valence-corrected chi connectivity index (χ2v) is 4.09. The van der Waals surface area contributed by atoms with Crippen molar-refractivity contribution < 1.29 is 15.0 Å². The molecule has 0 aromatic carbocycles. The van der Waals surface area contributed by atoms with Crippen molar-refractivity contribution in [2.75, 3.05) is 26.2 Å². The summed E-state index contributed by atoms with van der Waals surface area (Å²) < 4.78 is 0. The lowest BCUT2D eigenvalue weighted by Gasteiger charge is -2.20. The Morgan fingerprint density at radius 2 is 2.00 bits per heavy atom. The van der Waals surface area contributed by atoms with Crippen LogP contribution in [0.3, 0.4) is 0 Å². The van der Waals surface area contributed by atoms with E-state index in [2.05, 4.69) is 5.32 Å². The largest absolute Gasteiger partial charge is 0.388 e. The molecular formula is C10H20N2O3. The van der Waals surface area contributed by atoms with Crippen molar-refractivity contribution in [3.63, 3.8) is 0 Å². The van der Waals surface area contributed by atoms with Crippen molar-refractivity contribution in [2.24, 2.45) is 5.92 Å². The van der Waals surface area contributed by atoms with Gasteiger partial charge in [0.15, 0.2) is 0 Å².